The number of para-hydroxylation sites is 1. The van der Waals surface area contributed by atoms with Gasteiger partial charge in [0.2, 0.25) is 11.1 Å². The molecule has 6 nitrogen and oxygen atoms in total. The van der Waals surface area contributed by atoms with Crippen LogP contribution in [-0.4, -0.2) is 49.8 Å². The number of nitrogens with one attached hydrogen (secondary N) is 1. The summed E-state index contributed by atoms with van der Waals surface area (Å²) in [5, 5.41) is 10.0. The van der Waals surface area contributed by atoms with Gasteiger partial charge in [-0.25, -0.2) is 4.98 Å². The van der Waals surface area contributed by atoms with E-state index in [1.807, 2.05) is 47.4 Å². The van der Waals surface area contributed by atoms with E-state index in [1.165, 1.54) is 22.9 Å². The van der Waals surface area contributed by atoms with E-state index < -0.39 is 0 Å². The number of H-pyrrole nitrogens is 1. The molecule has 0 saturated heterocycles. The number of hydrogen-bond acceptors (Lipinski definition) is 5. The van der Waals surface area contributed by atoms with Crippen LogP contribution in [0.5, 0.6) is 0 Å². The number of aromatic nitrogens is 4. The predicted octanol–water partition coefficient (Wildman–Crippen LogP) is 3.91. The molecule has 1 N–H and O–H groups in total. The smallest absolute Gasteiger partial charge is 0.233 e. The van der Waals surface area contributed by atoms with E-state index in [0.29, 0.717) is 23.1 Å². The molecule has 2 aromatic carbocycles. The lowest BCUT2D eigenvalue weighted by molar-refractivity contribution is -0.127. The first kappa shape index (κ1) is 17.9. The molecule has 1 amide bonds. The van der Waals surface area contributed by atoms with Gasteiger partial charge in [0, 0.05) is 24.0 Å². The van der Waals surface area contributed by atoms with Crippen molar-refractivity contribution in [2.24, 2.45) is 0 Å². The van der Waals surface area contributed by atoms with E-state index in [2.05, 4.69) is 38.4 Å². The summed E-state index contributed by atoms with van der Waals surface area (Å²) in [5.41, 5.74) is 4.98. The highest BCUT2D eigenvalue weighted by atomic mass is 32.2. The number of nitrogens with zero attached hydrogens (tertiary/aromatic N) is 4. The van der Waals surface area contributed by atoms with Crippen LogP contribution in [0.25, 0.3) is 27.6 Å². The minimum Gasteiger partial charge on any atom is -0.338 e. The molecular weight excluding hydrogens is 382 g/mol. The Morgan fingerprint density at radius 3 is 2.72 bits per heavy atom. The van der Waals surface area contributed by atoms with Crippen LogP contribution in [0.1, 0.15) is 12.0 Å². The van der Waals surface area contributed by atoms with E-state index in [4.69, 9.17) is 0 Å². The van der Waals surface area contributed by atoms with Crippen molar-refractivity contribution < 1.29 is 4.79 Å². The third-order valence-corrected chi connectivity index (χ3v) is 5.96. The molecule has 4 aromatic rings. The van der Waals surface area contributed by atoms with Crippen LogP contribution >= 0.6 is 11.8 Å². The molecule has 5 rings (SSSR count). The van der Waals surface area contributed by atoms with Gasteiger partial charge in [0.1, 0.15) is 5.52 Å². The van der Waals surface area contributed by atoms with E-state index >= 15 is 0 Å². The maximum Gasteiger partial charge on any atom is 0.233 e. The minimum atomic E-state index is 0.0960. The fourth-order valence-corrected chi connectivity index (χ4v) is 4.28. The molecule has 1 aliphatic heterocycles. The molecule has 1 aliphatic rings. The van der Waals surface area contributed by atoms with Crippen LogP contribution in [0.3, 0.4) is 0 Å². The van der Waals surface area contributed by atoms with E-state index in [9.17, 15) is 4.79 Å². The van der Waals surface area contributed by atoms with Crippen LogP contribution < -0.4 is 0 Å². The molecule has 3 heterocycles. The standard InChI is InChI=1S/C22H19N5OS/c28-19(27-12-10-16(11-13-27)15-6-2-1-3-7-15)14-29-22-24-21-20(25-26-22)17-8-4-5-9-18(17)23-21/h1-10H,11-14H2,(H,23,24,26). The number of benzene rings is 2. The van der Waals surface area contributed by atoms with Crippen molar-refractivity contribution in [2.45, 2.75) is 11.6 Å². The number of aromatic amines is 1. The topological polar surface area (TPSA) is 74.8 Å². The number of carbonyl (C=O) groups excluding carboxylic acids is 1. The number of hydrogen-bond donors (Lipinski definition) is 1. The Labute approximate surface area is 172 Å². The van der Waals surface area contributed by atoms with Gasteiger partial charge in [0.25, 0.3) is 0 Å². The van der Waals surface area contributed by atoms with Gasteiger partial charge in [0.05, 0.1) is 5.75 Å². The first-order valence-electron chi connectivity index (χ1n) is 9.54. The van der Waals surface area contributed by atoms with E-state index in [0.717, 1.165) is 29.4 Å². The predicted molar refractivity (Wildman–Crippen MR) is 116 cm³/mol. The molecule has 0 unspecified atom stereocenters. The van der Waals surface area contributed by atoms with Crippen molar-refractivity contribution >= 4 is 45.3 Å². The van der Waals surface area contributed by atoms with Crippen molar-refractivity contribution in [1.82, 2.24) is 25.1 Å². The third kappa shape index (κ3) is 3.61. The van der Waals surface area contributed by atoms with Gasteiger partial charge in [-0.05, 0) is 23.6 Å². The zero-order chi connectivity index (χ0) is 19.6. The molecule has 0 saturated carbocycles. The second kappa shape index (κ2) is 7.67. The summed E-state index contributed by atoms with van der Waals surface area (Å²) in [7, 11) is 0. The van der Waals surface area contributed by atoms with Crippen molar-refractivity contribution in [1.29, 1.82) is 0 Å². The van der Waals surface area contributed by atoms with Gasteiger partial charge in [-0.2, -0.15) is 0 Å². The van der Waals surface area contributed by atoms with Crippen LogP contribution in [0.4, 0.5) is 0 Å². The summed E-state index contributed by atoms with van der Waals surface area (Å²) in [6.45, 7) is 1.38. The average Bonchev–Trinajstić information content (AvgIpc) is 3.16. The maximum atomic E-state index is 12.6. The molecule has 7 heteroatoms. The number of carbonyl (C=O) groups is 1. The summed E-state index contributed by atoms with van der Waals surface area (Å²) >= 11 is 1.33. The monoisotopic (exact) mass is 401 g/mol. The first-order valence-corrected chi connectivity index (χ1v) is 10.5. The largest absolute Gasteiger partial charge is 0.338 e. The van der Waals surface area contributed by atoms with Crippen molar-refractivity contribution in [3.05, 3.63) is 66.2 Å². The molecule has 0 fully saturated rings. The highest BCUT2D eigenvalue weighted by molar-refractivity contribution is 7.99. The van der Waals surface area contributed by atoms with Crippen LogP contribution in [0, 0.1) is 0 Å². The van der Waals surface area contributed by atoms with Crippen molar-refractivity contribution in [3.8, 4) is 0 Å². The molecule has 144 valence electrons. The SMILES string of the molecule is O=C(CSc1nnc2c(n1)[nH]c1ccccc12)N1CC=C(c2ccccc2)CC1. The van der Waals surface area contributed by atoms with Crippen molar-refractivity contribution in [2.75, 3.05) is 18.8 Å². The Balaban J connectivity index is 1.24. The highest BCUT2D eigenvalue weighted by Gasteiger charge is 2.19. The first-order chi connectivity index (χ1) is 14.3. The van der Waals surface area contributed by atoms with Crippen molar-refractivity contribution in [3.63, 3.8) is 0 Å². The van der Waals surface area contributed by atoms with Gasteiger partial charge >= 0.3 is 0 Å². The number of amides is 1. The summed E-state index contributed by atoms with van der Waals surface area (Å²) < 4.78 is 0. The number of fused-ring (bicyclic) bond motifs is 3. The lowest BCUT2D eigenvalue weighted by Crippen LogP contribution is -2.35. The molecule has 0 aliphatic carbocycles. The second-order valence-corrected chi connectivity index (χ2v) is 7.88. The minimum absolute atomic E-state index is 0.0960. The third-order valence-electron chi connectivity index (χ3n) is 5.13. The summed E-state index contributed by atoms with van der Waals surface area (Å²) in [5.74, 6) is 0.403. The van der Waals surface area contributed by atoms with E-state index in [-0.39, 0.29) is 5.91 Å². The normalized spacial score (nSPS) is 14.3. The van der Waals surface area contributed by atoms with Crippen LogP contribution in [0.15, 0.2) is 65.8 Å². The fraction of sp³-hybridized carbons (Fsp3) is 0.182. The molecule has 0 bridgehead atoms. The zero-order valence-corrected chi connectivity index (χ0v) is 16.5. The summed E-state index contributed by atoms with van der Waals surface area (Å²) in [6.07, 6.45) is 3.02. The average molecular weight is 401 g/mol. The molecular formula is C22H19N5OS. The number of thioether (sulfide) groups is 1. The van der Waals surface area contributed by atoms with Gasteiger partial charge in [-0.3, -0.25) is 4.79 Å². The maximum absolute atomic E-state index is 12.6. The Bertz CT molecular complexity index is 1220. The molecule has 0 radical (unpaired) electrons. The van der Waals surface area contributed by atoms with Gasteiger partial charge < -0.3 is 9.88 Å². The van der Waals surface area contributed by atoms with Gasteiger partial charge in [-0.15, -0.1) is 10.2 Å². The van der Waals surface area contributed by atoms with Gasteiger partial charge in [0.15, 0.2) is 5.65 Å². The molecule has 2 aromatic heterocycles. The Morgan fingerprint density at radius 1 is 1.07 bits per heavy atom. The second-order valence-electron chi connectivity index (χ2n) is 6.94. The highest BCUT2D eigenvalue weighted by Crippen LogP contribution is 2.25. The fourth-order valence-electron chi connectivity index (χ4n) is 3.59. The van der Waals surface area contributed by atoms with Crippen LogP contribution in [0.2, 0.25) is 0 Å². The Kier molecular flexibility index (Phi) is 4.73. The van der Waals surface area contributed by atoms with E-state index in [1.54, 1.807) is 0 Å². The quantitative estimate of drug-likeness (QED) is 0.525. The zero-order valence-electron chi connectivity index (χ0n) is 15.7. The lowest BCUT2D eigenvalue weighted by Gasteiger charge is -2.26. The molecule has 0 atom stereocenters. The number of rotatable bonds is 4. The summed E-state index contributed by atoms with van der Waals surface area (Å²) in [6, 6.07) is 18.3. The molecule has 29 heavy (non-hydrogen) atoms. The molecule has 0 spiro atoms. The van der Waals surface area contributed by atoms with Gasteiger partial charge in [-0.1, -0.05) is 66.4 Å². The van der Waals surface area contributed by atoms with Crippen LogP contribution in [-0.2, 0) is 4.79 Å². The summed E-state index contributed by atoms with van der Waals surface area (Å²) in [4.78, 5) is 22.3. The Hall–Kier alpha value is -3.19. The Morgan fingerprint density at radius 2 is 1.90 bits per heavy atom. The lowest BCUT2D eigenvalue weighted by atomic mass is 10.00.